The summed E-state index contributed by atoms with van der Waals surface area (Å²) in [5.74, 6) is -0.924. The highest BCUT2D eigenvalue weighted by Crippen LogP contribution is 2.30. The maximum absolute atomic E-state index is 12.0. The van der Waals surface area contributed by atoms with Crippen LogP contribution in [0.1, 0.15) is 23.0 Å². The van der Waals surface area contributed by atoms with Gasteiger partial charge < -0.3 is 26.8 Å². The maximum atomic E-state index is 12.0. The Morgan fingerprint density at radius 3 is 2.62 bits per heavy atom. The number of carbonyl (C=O) groups excluding carboxylic acids is 1. The number of nitrogens with two attached hydrogens (primary N) is 3. The van der Waals surface area contributed by atoms with Gasteiger partial charge >= 0.3 is 5.91 Å². The molecule has 1 heterocycles. The Morgan fingerprint density at radius 1 is 1.38 bits per heavy atom. The van der Waals surface area contributed by atoms with E-state index in [2.05, 4.69) is 15.0 Å². The lowest BCUT2D eigenvalue weighted by Crippen LogP contribution is -2.26. The molecule has 12 nitrogen and oxygen atoms in total. The summed E-state index contributed by atoms with van der Waals surface area (Å²) < 4.78 is 5.28. The largest absolute Gasteiger partial charge is 0.496 e. The number of non-ortho nitro benzene ring substituents is 1. The number of nitro groups is 1. The van der Waals surface area contributed by atoms with E-state index >= 15 is 0 Å². The fourth-order valence-corrected chi connectivity index (χ4v) is 2.74. The number of guanidine groups is 1. The highest BCUT2D eigenvalue weighted by atomic mass is 35.5. The van der Waals surface area contributed by atoms with Crippen molar-refractivity contribution in [2.24, 2.45) is 16.5 Å². The van der Waals surface area contributed by atoms with E-state index < -0.39 is 16.8 Å². The van der Waals surface area contributed by atoms with Crippen molar-refractivity contribution in [3.05, 3.63) is 44.7 Å². The van der Waals surface area contributed by atoms with Gasteiger partial charge in [0.1, 0.15) is 5.75 Å². The molecule has 0 spiro atoms. The third kappa shape index (κ3) is 4.99. The highest BCUT2D eigenvalue weighted by Gasteiger charge is 2.21. The van der Waals surface area contributed by atoms with E-state index in [1.165, 1.54) is 25.3 Å². The molecule has 29 heavy (non-hydrogen) atoms. The third-order valence-corrected chi connectivity index (χ3v) is 4.07. The van der Waals surface area contributed by atoms with Gasteiger partial charge in [-0.25, -0.2) is 9.97 Å². The number of nitrogens with zero attached hydrogens (tertiary/aromatic N) is 5. The normalized spacial score (nSPS) is 10.3. The number of aromatic nitrogens is 2. The first-order valence-electron chi connectivity index (χ1n) is 8.21. The van der Waals surface area contributed by atoms with E-state index in [0.717, 1.165) is 0 Å². The number of halogens is 1. The Kier molecular flexibility index (Phi) is 6.72. The average molecular weight is 423 g/mol. The van der Waals surface area contributed by atoms with Crippen molar-refractivity contribution in [2.75, 3.05) is 24.3 Å². The topological polar surface area (TPSA) is 189 Å². The van der Waals surface area contributed by atoms with E-state index in [1.54, 1.807) is 4.90 Å². The SMILES string of the molecule is CCN(Cc1cc([N+](=O)[O-])ccc1OC)c1nc(N)c(C(=O)N=C(N)N)nc1Cl. The number of amides is 1. The number of aliphatic imine (C=N–C) groups is 1. The molecule has 1 aromatic carbocycles. The monoisotopic (exact) mass is 422 g/mol. The molecule has 2 aromatic rings. The van der Waals surface area contributed by atoms with Gasteiger partial charge in [-0.05, 0) is 13.0 Å². The number of anilines is 2. The standard InChI is InChI=1S/C16H19ClN8O4/c1-3-24(7-8-6-9(25(27)28)4-5-10(8)29-2)14-12(17)21-11(13(18)22-14)15(26)23-16(19)20/h4-6H,3,7H2,1-2H3,(H2,18,22)(H4,19,20,23,26). The molecule has 0 atom stereocenters. The van der Waals surface area contributed by atoms with Crippen LogP contribution in [0.5, 0.6) is 5.75 Å². The Bertz CT molecular complexity index is 978. The molecule has 0 radical (unpaired) electrons. The zero-order valence-electron chi connectivity index (χ0n) is 15.6. The van der Waals surface area contributed by atoms with Gasteiger partial charge in [0.2, 0.25) is 0 Å². The minimum atomic E-state index is -0.883. The second-order valence-corrected chi connectivity index (χ2v) is 6.04. The molecule has 0 saturated heterocycles. The summed E-state index contributed by atoms with van der Waals surface area (Å²) in [5, 5.41) is 11.0. The molecule has 0 fully saturated rings. The van der Waals surface area contributed by atoms with Crippen LogP contribution in [-0.2, 0) is 6.54 Å². The minimum Gasteiger partial charge on any atom is -0.496 e. The number of nitrogen functional groups attached to an aromatic ring is 1. The average Bonchev–Trinajstić information content (AvgIpc) is 2.66. The molecule has 154 valence electrons. The van der Waals surface area contributed by atoms with Gasteiger partial charge in [-0.1, -0.05) is 11.6 Å². The Morgan fingerprint density at radius 2 is 2.07 bits per heavy atom. The molecule has 2 rings (SSSR count). The zero-order valence-corrected chi connectivity index (χ0v) is 16.4. The summed E-state index contributed by atoms with van der Waals surface area (Å²) in [6, 6.07) is 4.23. The van der Waals surface area contributed by atoms with Gasteiger partial charge in [-0.15, -0.1) is 0 Å². The van der Waals surface area contributed by atoms with Gasteiger partial charge in [-0.2, -0.15) is 4.99 Å². The van der Waals surface area contributed by atoms with Crippen LogP contribution in [0.15, 0.2) is 23.2 Å². The quantitative estimate of drug-likeness (QED) is 0.251. The molecular formula is C16H19ClN8O4. The number of methoxy groups -OCH3 is 1. The summed E-state index contributed by atoms with van der Waals surface area (Å²) in [4.78, 5) is 35.7. The Balaban J connectivity index is 2.44. The molecule has 13 heteroatoms. The van der Waals surface area contributed by atoms with Crippen LogP contribution in [0.25, 0.3) is 0 Å². The Hall–Kier alpha value is -3.67. The zero-order chi connectivity index (χ0) is 21.7. The van der Waals surface area contributed by atoms with Gasteiger partial charge in [0.05, 0.1) is 12.0 Å². The number of benzene rings is 1. The molecule has 0 bridgehead atoms. The molecular weight excluding hydrogens is 404 g/mol. The smallest absolute Gasteiger partial charge is 0.302 e. The molecule has 0 aliphatic rings. The summed E-state index contributed by atoms with van der Waals surface area (Å²) in [6.45, 7) is 2.38. The number of carbonyl (C=O) groups is 1. The Labute approximate surface area is 170 Å². The molecule has 6 N–H and O–H groups in total. The van der Waals surface area contributed by atoms with Gasteiger partial charge in [0.25, 0.3) is 5.69 Å². The number of rotatable bonds is 7. The van der Waals surface area contributed by atoms with Crippen molar-refractivity contribution in [1.29, 1.82) is 0 Å². The van der Waals surface area contributed by atoms with Crippen LogP contribution in [0, 0.1) is 10.1 Å². The second kappa shape index (κ2) is 9.01. The summed E-state index contributed by atoms with van der Waals surface area (Å²) >= 11 is 6.20. The van der Waals surface area contributed by atoms with Crippen molar-refractivity contribution in [2.45, 2.75) is 13.5 Å². The first kappa shape index (κ1) is 21.6. The maximum Gasteiger partial charge on any atom is 0.302 e. The van der Waals surface area contributed by atoms with Crippen molar-refractivity contribution < 1.29 is 14.5 Å². The lowest BCUT2D eigenvalue weighted by molar-refractivity contribution is -0.384. The van der Waals surface area contributed by atoms with E-state index in [9.17, 15) is 14.9 Å². The van der Waals surface area contributed by atoms with E-state index in [-0.39, 0.29) is 34.7 Å². The number of ether oxygens (including phenoxy) is 1. The number of hydrogen-bond acceptors (Lipinski definition) is 8. The van der Waals surface area contributed by atoms with Crippen LogP contribution in [0.3, 0.4) is 0 Å². The van der Waals surface area contributed by atoms with Crippen molar-refractivity contribution in [3.8, 4) is 5.75 Å². The molecule has 0 aliphatic heterocycles. The fraction of sp³-hybridized carbons (Fsp3) is 0.250. The molecule has 0 aliphatic carbocycles. The molecule has 1 aromatic heterocycles. The predicted octanol–water partition coefficient (Wildman–Crippen LogP) is 1.07. The predicted molar refractivity (Wildman–Crippen MR) is 108 cm³/mol. The van der Waals surface area contributed by atoms with Crippen molar-refractivity contribution in [3.63, 3.8) is 0 Å². The first-order valence-corrected chi connectivity index (χ1v) is 8.58. The van der Waals surface area contributed by atoms with Crippen molar-refractivity contribution >= 4 is 40.8 Å². The van der Waals surface area contributed by atoms with Gasteiger partial charge in [-0.3, -0.25) is 14.9 Å². The van der Waals surface area contributed by atoms with E-state index in [1.807, 2.05) is 6.92 Å². The van der Waals surface area contributed by atoms with Crippen LogP contribution in [0.4, 0.5) is 17.3 Å². The summed E-state index contributed by atoms with van der Waals surface area (Å²) in [6.07, 6.45) is 0. The van der Waals surface area contributed by atoms with Crippen LogP contribution >= 0.6 is 11.6 Å². The molecule has 1 amide bonds. The lowest BCUT2D eigenvalue weighted by Gasteiger charge is -2.24. The highest BCUT2D eigenvalue weighted by molar-refractivity contribution is 6.32. The lowest BCUT2D eigenvalue weighted by atomic mass is 10.1. The van der Waals surface area contributed by atoms with Crippen molar-refractivity contribution in [1.82, 2.24) is 9.97 Å². The van der Waals surface area contributed by atoms with Gasteiger partial charge in [0.15, 0.2) is 28.4 Å². The van der Waals surface area contributed by atoms with E-state index in [4.69, 9.17) is 33.5 Å². The second-order valence-electron chi connectivity index (χ2n) is 5.68. The first-order chi connectivity index (χ1) is 13.7. The van der Waals surface area contributed by atoms with Crippen LogP contribution in [0.2, 0.25) is 5.15 Å². The van der Waals surface area contributed by atoms with Gasteiger partial charge in [0, 0.05) is 30.8 Å². The third-order valence-electron chi connectivity index (χ3n) is 3.81. The summed E-state index contributed by atoms with van der Waals surface area (Å²) in [5.41, 5.74) is 16.3. The summed E-state index contributed by atoms with van der Waals surface area (Å²) in [7, 11) is 1.45. The van der Waals surface area contributed by atoms with Crippen LogP contribution in [-0.4, -0.2) is 40.4 Å². The fourth-order valence-electron chi connectivity index (χ4n) is 2.49. The molecule has 0 unspecified atom stereocenters. The number of nitro benzene ring substituents is 1. The van der Waals surface area contributed by atoms with E-state index in [0.29, 0.717) is 17.9 Å². The minimum absolute atomic E-state index is 0.0910. The molecule has 0 saturated carbocycles. The van der Waals surface area contributed by atoms with Crippen LogP contribution < -0.4 is 26.8 Å². The number of hydrogen-bond donors (Lipinski definition) is 3.